The minimum absolute atomic E-state index is 0.0110. The number of carbonyl (C=O) groups excluding carboxylic acids is 1. The molecule has 0 saturated heterocycles. The molecular weight excluding hydrogens is 166 g/mol. The van der Waals surface area contributed by atoms with Crippen LogP contribution in [-0.2, 0) is 0 Å². The van der Waals surface area contributed by atoms with Crippen molar-refractivity contribution in [2.45, 2.75) is 19.6 Å². The van der Waals surface area contributed by atoms with Crippen LogP contribution in [0.5, 0.6) is 0 Å². The van der Waals surface area contributed by atoms with Gasteiger partial charge in [0.15, 0.2) is 6.20 Å². The van der Waals surface area contributed by atoms with Crippen molar-refractivity contribution >= 4 is 5.78 Å². The van der Waals surface area contributed by atoms with Crippen molar-refractivity contribution in [2.75, 3.05) is 0 Å². The zero-order valence-electron chi connectivity index (χ0n) is 7.43. The van der Waals surface area contributed by atoms with E-state index < -0.39 is 6.23 Å². The summed E-state index contributed by atoms with van der Waals surface area (Å²) < 4.78 is 1.52. The maximum absolute atomic E-state index is 11.7. The Balaban J connectivity index is 2.50. The minimum Gasteiger partial charge on any atom is -0.797 e. The Morgan fingerprint density at radius 1 is 1.54 bits per heavy atom. The number of hydrogen-bond donors (Lipinski definition) is 0. The van der Waals surface area contributed by atoms with Crippen LogP contribution in [0.3, 0.4) is 0 Å². The quantitative estimate of drug-likeness (QED) is 0.569. The molecule has 0 radical (unpaired) electrons. The molecule has 0 aliphatic carbocycles. The molecule has 1 aromatic heterocycles. The van der Waals surface area contributed by atoms with Crippen molar-refractivity contribution in [2.24, 2.45) is 5.92 Å². The molecule has 2 unspecified atom stereocenters. The summed E-state index contributed by atoms with van der Waals surface area (Å²) in [6, 6.07) is 5.27. The van der Waals surface area contributed by atoms with Gasteiger partial charge in [0.25, 0.3) is 0 Å². The highest BCUT2D eigenvalue weighted by Crippen LogP contribution is 2.22. The van der Waals surface area contributed by atoms with E-state index in [4.69, 9.17) is 0 Å². The molecule has 0 bridgehead atoms. The van der Waals surface area contributed by atoms with Gasteiger partial charge in [0, 0.05) is 12.1 Å². The third-order valence-corrected chi connectivity index (χ3v) is 2.54. The number of hydrogen-bond acceptors (Lipinski definition) is 2. The van der Waals surface area contributed by atoms with Gasteiger partial charge >= 0.3 is 0 Å². The molecule has 2 atom stereocenters. The molecule has 0 spiro atoms. The predicted molar refractivity (Wildman–Crippen MR) is 43.8 cm³/mol. The molecule has 0 fully saturated rings. The number of pyridine rings is 1. The Labute approximate surface area is 76.6 Å². The van der Waals surface area contributed by atoms with E-state index in [-0.39, 0.29) is 11.7 Å². The van der Waals surface area contributed by atoms with Crippen LogP contribution in [0.15, 0.2) is 24.4 Å². The highest BCUT2D eigenvalue weighted by atomic mass is 16.3. The van der Waals surface area contributed by atoms with E-state index in [9.17, 15) is 9.90 Å². The molecule has 0 N–H and O–H groups in total. The largest absolute Gasteiger partial charge is 0.797 e. The fourth-order valence-corrected chi connectivity index (χ4v) is 1.79. The molecule has 2 rings (SSSR count). The van der Waals surface area contributed by atoms with Crippen LogP contribution in [-0.4, -0.2) is 5.78 Å². The molecule has 13 heavy (non-hydrogen) atoms. The first kappa shape index (κ1) is 8.38. The van der Waals surface area contributed by atoms with Crippen LogP contribution in [0.1, 0.15) is 30.1 Å². The maximum Gasteiger partial charge on any atom is 0.248 e. The standard InChI is InChI=1S/C10H11NO2/c1-2-7-9(12)8-5-3-4-6-11(8)10(7)13/h3-7,10H,2H2,1H3. The summed E-state index contributed by atoms with van der Waals surface area (Å²) >= 11 is 0. The molecule has 2 heterocycles. The zero-order valence-corrected chi connectivity index (χ0v) is 7.43. The van der Waals surface area contributed by atoms with Gasteiger partial charge in [-0.05, 0) is 12.5 Å². The second-order valence-electron chi connectivity index (χ2n) is 3.26. The molecule has 68 valence electrons. The number of aromatic nitrogens is 1. The molecule has 0 aromatic carbocycles. The topological polar surface area (TPSA) is 44.0 Å². The van der Waals surface area contributed by atoms with E-state index in [0.717, 1.165) is 0 Å². The second kappa shape index (κ2) is 2.92. The third kappa shape index (κ3) is 1.08. The van der Waals surface area contributed by atoms with Crippen molar-refractivity contribution in [3.05, 3.63) is 30.1 Å². The van der Waals surface area contributed by atoms with Gasteiger partial charge in [-0.2, -0.15) is 0 Å². The SMILES string of the molecule is CCC1C(=O)c2cccc[n+]2C1[O-]. The molecule has 0 amide bonds. The number of Topliss-reactive ketones (excluding diaryl/α,β-unsaturated/α-hetero) is 1. The summed E-state index contributed by atoms with van der Waals surface area (Å²) in [6.45, 7) is 1.87. The number of nitrogens with zero attached hydrogens (tertiary/aromatic N) is 1. The van der Waals surface area contributed by atoms with Gasteiger partial charge in [-0.3, -0.25) is 4.79 Å². The van der Waals surface area contributed by atoms with Gasteiger partial charge in [0.2, 0.25) is 11.5 Å². The van der Waals surface area contributed by atoms with Crippen molar-refractivity contribution in [3.8, 4) is 0 Å². The zero-order chi connectivity index (χ0) is 9.42. The van der Waals surface area contributed by atoms with E-state index in [1.54, 1.807) is 24.4 Å². The first-order chi connectivity index (χ1) is 6.25. The lowest BCUT2D eigenvalue weighted by atomic mass is 10.0. The lowest BCUT2D eigenvalue weighted by molar-refractivity contribution is -0.847. The van der Waals surface area contributed by atoms with Gasteiger partial charge in [0.05, 0.1) is 5.92 Å². The van der Waals surface area contributed by atoms with Crippen molar-refractivity contribution in [1.82, 2.24) is 0 Å². The Hall–Kier alpha value is -1.22. The predicted octanol–water partition coefficient (Wildman–Crippen LogP) is 0.0555. The second-order valence-corrected chi connectivity index (χ2v) is 3.26. The Bertz CT molecular complexity index is 349. The van der Waals surface area contributed by atoms with Crippen LogP contribution < -0.4 is 9.67 Å². The molecule has 1 aliphatic rings. The highest BCUT2D eigenvalue weighted by Gasteiger charge is 2.39. The van der Waals surface area contributed by atoms with Crippen molar-refractivity contribution in [3.63, 3.8) is 0 Å². The van der Waals surface area contributed by atoms with Gasteiger partial charge < -0.3 is 5.11 Å². The van der Waals surface area contributed by atoms with Crippen molar-refractivity contribution in [1.29, 1.82) is 0 Å². The van der Waals surface area contributed by atoms with Crippen LogP contribution in [0.25, 0.3) is 0 Å². The molecule has 0 saturated carbocycles. The van der Waals surface area contributed by atoms with Gasteiger partial charge in [-0.1, -0.05) is 6.92 Å². The fourth-order valence-electron chi connectivity index (χ4n) is 1.79. The van der Waals surface area contributed by atoms with Crippen LogP contribution in [0.2, 0.25) is 0 Å². The monoisotopic (exact) mass is 177 g/mol. The lowest BCUT2D eigenvalue weighted by Crippen LogP contribution is -2.46. The molecule has 3 heteroatoms. The third-order valence-electron chi connectivity index (χ3n) is 2.54. The van der Waals surface area contributed by atoms with E-state index in [1.807, 2.05) is 6.92 Å². The first-order valence-corrected chi connectivity index (χ1v) is 4.46. The van der Waals surface area contributed by atoms with Gasteiger partial charge in [-0.15, -0.1) is 0 Å². The van der Waals surface area contributed by atoms with E-state index in [2.05, 4.69) is 0 Å². The summed E-state index contributed by atoms with van der Waals surface area (Å²) in [5.74, 6) is -0.384. The Kier molecular flexibility index (Phi) is 1.88. The lowest BCUT2D eigenvalue weighted by Gasteiger charge is -2.15. The smallest absolute Gasteiger partial charge is 0.248 e. The maximum atomic E-state index is 11.7. The Morgan fingerprint density at radius 3 is 2.92 bits per heavy atom. The Morgan fingerprint density at radius 2 is 2.31 bits per heavy atom. The fraction of sp³-hybridized carbons (Fsp3) is 0.400. The first-order valence-electron chi connectivity index (χ1n) is 4.46. The minimum atomic E-state index is -0.923. The summed E-state index contributed by atoms with van der Waals surface area (Å²) in [7, 11) is 0. The van der Waals surface area contributed by atoms with Crippen LogP contribution in [0, 0.1) is 5.92 Å². The highest BCUT2D eigenvalue weighted by molar-refractivity contribution is 5.95. The summed E-state index contributed by atoms with van der Waals surface area (Å²) in [5, 5.41) is 11.7. The van der Waals surface area contributed by atoms with Crippen molar-refractivity contribution < 1.29 is 14.5 Å². The number of ketones is 1. The van der Waals surface area contributed by atoms with E-state index >= 15 is 0 Å². The average Bonchev–Trinajstić information content (AvgIpc) is 2.41. The van der Waals surface area contributed by atoms with Crippen LogP contribution >= 0.6 is 0 Å². The number of rotatable bonds is 1. The van der Waals surface area contributed by atoms with Crippen LogP contribution in [0.4, 0.5) is 0 Å². The molecular formula is C10H11NO2. The van der Waals surface area contributed by atoms with E-state index in [0.29, 0.717) is 12.1 Å². The molecule has 1 aliphatic heterocycles. The summed E-state index contributed by atoms with van der Waals surface area (Å²) in [5.41, 5.74) is 0.550. The number of fused-ring (bicyclic) bond motifs is 1. The summed E-state index contributed by atoms with van der Waals surface area (Å²) in [6.07, 6.45) is 1.38. The molecule has 3 nitrogen and oxygen atoms in total. The van der Waals surface area contributed by atoms with Gasteiger partial charge in [-0.25, -0.2) is 4.57 Å². The van der Waals surface area contributed by atoms with E-state index in [1.165, 1.54) is 4.57 Å². The average molecular weight is 177 g/mol. The summed E-state index contributed by atoms with van der Waals surface area (Å²) in [4.78, 5) is 11.6. The normalized spacial score (nSPS) is 26.2. The number of carbonyl (C=O) groups is 1. The molecule has 1 aromatic rings. The van der Waals surface area contributed by atoms with Gasteiger partial charge in [0.1, 0.15) is 6.23 Å².